The number of thiophene rings is 1. The molecule has 2 aromatic rings. The maximum atomic E-state index is 12.1. The van der Waals surface area contributed by atoms with Crippen LogP contribution in [0.3, 0.4) is 0 Å². The van der Waals surface area contributed by atoms with Gasteiger partial charge in [-0.15, -0.1) is 11.3 Å². The Morgan fingerprint density at radius 2 is 2.09 bits per heavy atom. The van der Waals surface area contributed by atoms with Crippen LogP contribution in [0.5, 0.6) is 5.75 Å². The standard InChI is InChI=1S/C17H22N2O2S/c1-3-19(12-15-8-6-10-22-15)13-17(20)18-11-14-7-4-5-9-16(14)21-2/h4-10H,3,11-13H2,1-2H3,(H,18,20). The van der Waals surface area contributed by atoms with Gasteiger partial charge in [0.15, 0.2) is 0 Å². The van der Waals surface area contributed by atoms with Gasteiger partial charge in [0.25, 0.3) is 0 Å². The molecule has 1 aromatic heterocycles. The van der Waals surface area contributed by atoms with Gasteiger partial charge in [0.05, 0.1) is 13.7 Å². The molecular formula is C17H22N2O2S. The van der Waals surface area contributed by atoms with Crippen LogP contribution in [0.1, 0.15) is 17.4 Å². The number of nitrogens with one attached hydrogen (secondary N) is 1. The number of nitrogens with zero attached hydrogens (tertiary/aromatic N) is 1. The Bertz CT molecular complexity index is 584. The molecule has 22 heavy (non-hydrogen) atoms. The molecule has 0 atom stereocenters. The smallest absolute Gasteiger partial charge is 0.234 e. The molecule has 0 saturated heterocycles. The molecule has 0 unspecified atom stereocenters. The predicted molar refractivity (Wildman–Crippen MR) is 90.1 cm³/mol. The van der Waals surface area contributed by atoms with Gasteiger partial charge in [-0.25, -0.2) is 0 Å². The van der Waals surface area contributed by atoms with Crippen molar-refractivity contribution in [2.75, 3.05) is 20.2 Å². The molecule has 1 amide bonds. The second-order valence-electron chi connectivity index (χ2n) is 4.97. The summed E-state index contributed by atoms with van der Waals surface area (Å²) in [6.45, 7) is 4.63. The maximum absolute atomic E-state index is 12.1. The molecule has 0 fully saturated rings. The fraction of sp³-hybridized carbons (Fsp3) is 0.353. The fourth-order valence-corrected chi connectivity index (χ4v) is 2.95. The quantitative estimate of drug-likeness (QED) is 0.814. The maximum Gasteiger partial charge on any atom is 0.234 e. The Morgan fingerprint density at radius 3 is 2.77 bits per heavy atom. The van der Waals surface area contributed by atoms with Crippen molar-refractivity contribution in [1.82, 2.24) is 10.2 Å². The van der Waals surface area contributed by atoms with Gasteiger partial charge in [-0.1, -0.05) is 31.2 Å². The summed E-state index contributed by atoms with van der Waals surface area (Å²) < 4.78 is 5.29. The third-order valence-electron chi connectivity index (χ3n) is 3.44. The van der Waals surface area contributed by atoms with Crippen LogP contribution in [0, 0.1) is 0 Å². The number of rotatable bonds is 8. The van der Waals surface area contributed by atoms with Crippen molar-refractivity contribution in [2.45, 2.75) is 20.0 Å². The molecule has 0 saturated carbocycles. The van der Waals surface area contributed by atoms with Crippen LogP contribution in [0.15, 0.2) is 41.8 Å². The molecule has 0 aliphatic heterocycles. The topological polar surface area (TPSA) is 41.6 Å². The lowest BCUT2D eigenvalue weighted by Gasteiger charge is -2.19. The molecular weight excluding hydrogens is 296 g/mol. The van der Waals surface area contributed by atoms with Crippen LogP contribution < -0.4 is 10.1 Å². The number of para-hydroxylation sites is 1. The lowest BCUT2D eigenvalue weighted by molar-refractivity contribution is -0.122. The third-order valence-corrected chi connectivity index (χ3v) is 4.30. The van der Waals surface area contributed by atoms with Crippen molar-refractivity contribution < 1.29 is 9.53 Å². The Hall–Kier alpha value is -1.85. The van der Waals surface area contributed by atoms with Crippen LogP contribution in [-0.2, 0) is 17.9 Å². The minimum Gasteiger partial charge on any atom is -0.496 e. The van der Waals surface area contributed by atoms with Gasteiger partial charge < -0.3 is 10.1 Å². The first-order valence-electron chi connectivity index (χ1n) is 7.36. The van der Waals surface area contributed by atoms with E-state index in [0.29, 0.717) is 13.1 Å². The summed E-state index contributed by atoms with van der Waals surface area (Å²) in [6, 6.07) is 11.9. The summed E-state index contributed by atoms with van der Waals surface area (Å²) in [5.74, 6) is 0.832. The van der Waals surface area contributed by atoms with E-state index in [2.05, 4.69) is 28.6 Å². The second-order valence-corrected chi connectivity index (χ2v) is 6.00. The molecule has 1 N–H and O–H groups in total. The van der Waals surface area contributed by atoms with E-state index in [1.165, 1.54) is 4.88 Å². The van der Waals surface area contributed by atoms with E-state index in [-0.39, 0.29) is 5.91 Å². The number of benzene rings is 1. The van der Waals surface area contributed by atoms with Crippen molar-refractivity contribution >= 4 is 17.2 Å². The summed E-state index contributed by atoms with van der Waals surface area (Å²) >= 11 is 1.72. The van der Waals surface area contributed by atoms with Crippen LogP contribution in [-0.4, -0.2) is 31.0 Å². The molecule has 0 bridgehead atoms. The van der Waals surface area contributed by atoms with Gasteiger partial charge in [-0.3, -0.25) is 9.69 Å². The van der Waals surface area contributed by atoms with Crippen molar-refractivity contribution in [1.29, 1.82) is 0 Å². The highest BCUT2D eigenvalue weighted by Crippen LogP contribution is 2.16. The summed E-state index contributed by atoms with van der Waals surface area (Å²) in [6.07, 6.45) is 0. The Kier molecular flexibility index (Phi) is 6.43. The first-order chi connectivity index (χ1) is 10.7. The first kappa shape index (κ1) is 16.5. The number of hydrogen-bond acceptors (Lipinski definition) is 4. The molecule has 0 aliphatic rings. The minimum absolute atomic E-state index is 0.0318. The average molecular weight is 318 g/mol. The van der Waals surface area contributed by atoms with Gasteiger partial charge in [0.1, 0.15) is 5.75 Å². The van der Waals surface area contributed by atoms with Crippen molar-refractivity contribution in [3.63, 3.8) is 0 Å². The Labute approximate surface area is 135 Å². The Morgan fingerprint density at radius 1 is 1.27 bits per heavy atom. The highest BCUT2D eigenvalue weighted by atomic mass is 32.1. The van der Waals surface area contributed by atoms with Gasteiger partial charge in [-0.05, 0) is 24.1 Å². The molecule has 0 spiro atoms. The van der Waals surface area contributed by atoms with Crippen LogP contribution >= 0.6 is 11.3 Å². The molecule has 4 nitrogen and oxygen atoms in total. The fourth-order valence-electron chi connectivity index (χ4n) is 2.20. The molecule has 1 aromatic carbocycles. The number of carbonyl (C=O) groups is 1. The lowest BCUT2D eigenvalue weighted by atomic mass is 10.2. The summed E-state index contributed by atoms with van der Waals surface area (Å²) in [7, 11) is 1.64. The monoisotopic (exact) mass is 318 g/mol. The lowest BCUT2D eigenvalue weighted by Crippen LogP contribution is -2.36. The zero-order valence-electron chi connectivity index (χ0n) is 13.0. The number of ether oxygens (including phenoxy) is 1. The highest BCUT2D eigenvalue weighted by molar-refractivity contribution is 7.09. The number of methoxy groups -OCH3 is 1. The number of carbonyl (C=O) groups excluding carboxylic acids is 1. The summed E-state index contributed by atoms with van der Waals surface area (Å²) in [5, 5.41) is 5.02. The van der Waals surface area contributed by atoms with E-state index >= 15 is 0 Å². The molecule has 0 aliphatic carbocycles. The second kappa shape index (κ2) is 8.56. The third kappa shape index (κ3) is 4.86. The number of amides is 1. The SMILES string of the molecule is CCN(CC(=O)NCc1ccccc1OC)Cc1cccs1. The van der Waals surface area contributed by atoms with E-state index in [1.54, 1.807) is 18.4 Å². The summed E-state index contributed by atoms with van der Waals surface area (Å²) in [5.41, 5.74) is 0.986. The molecule has 5 heteroatoms. The first-order valence-corrected chi connectivity index (χ1v) is 8.24. The predicted octanol–water partition coefficient (Wildman–Crippen LogP) is 2.90. The van der Waals surface area contributed by atoms with Crippen molar-refractivity contribution in [2.24, 2.45) is 0 Å². The van der Waals surface area contributed by atoms with E-state index in [9.17, 15) is 4.79 Å². The summed E-state index contributed by atoms with van der Waals surface area (Å²) in [4.78, 5) is 15.5. The average Bonchev–Trinajstić information content (AvgIpc) is 3.05. The van der Waals surface area contributed by atoms with E-state index < -0.39 is 0 Å². The number of likely N-dealkylation sites (N-methyl/N-ethyl adjacent to an activating group) is 1. The van der Waals surface area contributed by atoms with Gasteiger partial charge in [0.2, 0.25) is 5.91 Å². The highest BCUT2D eigenvalue weighted by Gasteiger charge is 2.11. The van der Waals surface area contributed by atoms with E-state index in [0.717, 1.165) is 24.4 Å². The van der Waals surface area contributed by atoms with E-state index in [4.69, 9.17) is 4.74 Å². The van der Waals surface area contributed by atoms with Gasteiger partial charge >= 0.3 is 0 Å². The van der Waals surface area contributed by atoms with Crippen molar-refractivity contribution in [3.05, 3.63) is 52.2 Å². The van der Waals surface area contributed by atoms with Crippen molar-refractivity contribution in [3.8, 4) is 5.75 Å². The largest absolute Gasteiger partial charge is 0.496 e. The number of hydrogen-bond donors (Lipinski definition) is 1. The molecule has 1 heterocycles. The molecule has 0 radical (unpaired) electrons. The molecule has 2 rings (SSSR count). The van der Waals surface area contributed by atoms with E-state index in [1.807, 2.05) is 30.3 Å². The molecule has 118 valence electrons. The normalized spacial score (nSPS) is 10.7. The van der Waals surface area contributed by atoms with Gasteiger partial charge in [-0.2, -0.15) is 0 Å². The van der Waals surface area contributed by atoms with Gasteiger partial charge in [0, 0.05) is 23.5 Å². The Balaban J connectivity index is 1.83. The minimum atomic E-state index is 0.0318. The zero-order valence-corrected chi connectivity index (χ0v) is 13.9. The van der Waals surface area contributed by atoms with Crippen LogP contribution in [0.4, 0.5) is 0 Å². The van der Waals surface area contributed by atoms with Crippen LogP contribution in [0.2, 0.25) is 0 Å². The zero-order chi connectivity index (χ0) is 15.8. The van der Waals surface area contributed by atoms with Crippen LogP contribution in [0.25, 0.3) is 0 Å².